The highest BCUT2D eigenvalue weighted by molar-refractivity contribution is 7.88. The molecule has 1 aliphatic heterocycles. The van der Waals surface area contributed by atoms with Gasteiger partial charge < -0.3 is 19.8 Å². The van der Waals surface area contributed by atoms with E-state index in [0.717, 1.165) is 11.8 Å². The molecule has 1 aliphatic rings. The Morgan fingerprint density at radius 2 is 1.80 bits per heavy atom. The van der Waals surface area contributed by atoms with E-state index < -0.39 is 34.4 Å². The van der Waals surface area contributed by atoms with E-state index in [1.54, 1.807) is 7.05 Å². The number of rotatable bonds is 7. The Morgan fingerprint density at radius 3 is 2.40 bits per heavy atom. The van der Waals surface area contributed by atoms with Crippen molar-refractivity contribution in [2.75, 3.05) is 19.8 Å². The summed E-state index contributed by atoms with van der Waals surface area (Å²) in [6.07, 6.45) is -3.40. The number of nitrogens with one attached hydrogen (secondary N) is 1. The van der Waals surface area contributed by atoms with Crippen molar-refractivity contribution in [2.45, 2.75) is 37.4 Å². The summed E-state index contributed by atoms with van der Waals surface area (Å²) < 4.78 is 30.0. The summed E-state index contributed by atoms with van der Waals surface area (Å²) in [4.78, 5) is 13.8. The molecule has 0 aromatic heterocycles. The molecule has 0 radical (unpaired) electrons. The lowest BCUT2D eigenvalue weighted by molar-refractivity contribution is -0.134. The van der Waals surface area contributed by atoms with Crippen LogP contribution in [0.5, 0.6) is 0 Å². The average Bonchev–Trinajstić information content (AvgIpc) is 2.81. The van der Waals surface area contributed by atoms with Gasteiger partial charge in [-0.1, -0.05) is 30.3 Å². The van der Waals surface area contributed by atoms with Gasteiger partial charge in [-0.3, -0.25) is 4.79 Å². The fourth-order valence-corrected chi connectivity index (χ4v) is 3.14. The Labute approximate surface area is 147 Å². The number of amides is 1. The van der Waals surface area contributed by atoms with E-state index in [1.165, 1.54) is 4.90 Å². The Morgan fingerprint density at radius 1 is 1.20 bits per heavy atom. The molecular weight excluding hydrogens is 348 g/mol. The first kappa shape index (κ1) is 19.8. The molecule has 1 aromatic carbocycles. The molecule has 25 heavy (non-hydrogen) atoms. The predicted molar refractivity (Wildman–Crippen MR) is 91.1 cm³/mol. The number of carbonyl (C=O) groups is 1. The zero-order valence-corrected chi connectivity index (χ0v) is 15.0. The highest BCUT2D eigenvalue weighted by Crippen LogP contribution is 2.24. The number of aliphatic hydroxyl groups excluding tert-OH is 2. The van der Waals surface area contributed by atoms with Crippen molar-refractivity contribution in [3.8, 4) is 0 Å². The third-order valence-electron chi connectivity index (χ3n) is 4.07. The van der Waals surface area contributed by atoms with Crippen LogP contribution in [-0.4, -0.2) is 73.7 Å². The van der Waals surface area contributed by atoms with E-state index in [1.807, 2.05) is 30.3 Å². The minimum Gasteiger partial charge on any atom is -0.388 e. The van der Waals surface area contributed by atoms with Crippen LogP contribution >= 0.6 is 0 Å². The Bertz CT molecular complexity index is 681. The van der Waals surface area contributed by atoms with Crippen LogP contribution in [0.1, 0.15) is 12.0 Å². The van der Waals surface area contributed by atoms with Gasteiger partial charge in [-0.15, -0.1) is 0 Å². The van der Waals surface area contributed by atoms with Crippen LogP contribution < -0.4 is 4.72 Å². The fraction of sp³-hybridized carbons (Fsp3) is 0.562. The van der Waals surface area contributed by atoms with Gasteiger partial charge >= 0.3 is 0 Å². The van der Waals surface area contributed by atoms with Gasteiger partial charge in [0.1, 0.15) is 18.3 Å². The van der Waals surface area contributed by atoms with Gasteiger partial charge in [0.05, 0.1) is 18.8 Å². The zero-order chi connectivity index (χ0) is 18.6. The molecule has 1 saturated heterocycles. The summed E-state index contributed by atoms with van der Waals surface area (Å²) in [6.45, 7) is 0.256. The normalized spacial score (nSPS) is 26.6. The lowest BCUT2D eigenvalue weighted by Gasteiger charge is -2.21. The number of benzene rings is 1. The number of ether oxygens (including phenoxy) is 1. The number of hydrogen-bond donors (Lipinski definition) is 3. The molecule has 8 nitrogen and oxygen atoms in total. The van der Waals surface area contributed by atoms with E-state index in [9.17, 15) is 23.4 Å². The van der Waals surface area contributed by atoms with Gasteiger partial charge in [0, 0.05) is 20.1 Å². The van der Waals surface area contributed by atoms with Crippen molar-refractivity contribution >= 4 is 15.9 Å². The van der Waals surface area contributed by atoms with Crippen LogP contribution in [-0.2, 0) is 26.1 Å². The molecule has 0 aliphatic carbocycles. The van der Waals surface area contributed by atoms with Crippen LogP contribution in [0.4, 0.5) is 0 Å². The van der Waals surface area contributed by atoms with Crippen molar-refractivity contribution in [2.24, 2.45) is 0 Å². The molecular formula is C16H24N2O6S. The van der Waals surface area contributed by atoms with Gasteiger partial charge in [-0.25, -0.2) is 13.1 Å². The first-order valence-electron chi connectivity index (χ1n) is 7.91. The molecule has 4 atom stereocenters. The number of carbonyl (C=O) groups excluding carboxylic acids is 1. The molecule has 1 aromatic rings. The Balaban J connectivity index is 1.89. The highest BCUT2D eigenvalue weighted by Gasteiger charge is 2.43. The minimum atomic E-state index is -3.44. The molecule has 0 spiro atoms. The second kappa shape index (κ2) is 8.24. The quantitative estimate of drug-likeness (QED) is 0.570. The maximum absolute atomic E-state index is 12.3. The van der Waals surface area contributed by atoms with Crippen LogP contribution in [0.15, 0.2) is 30.3 Å². The van der Waals surface area contributed by atoms with Crippen LogP contribution in [0.3, 0.4) is 0 Å². The highest BCUT2D eigenvalue weighted by atomic mass is 32.2. The van der Waals surface area contributed by atoms with Gasteiger partial charge in [-0.2, -0.15) is 0 Å². The molecule has 0 saturated carbocycles. The predicted octanol–water partition coefficient (Wildman–Crippen LogP) is -0.926. The SMILES string of the molecule is CN(Cc1ccccc1)C(=O)C[C@@H]1O[C@H](CNS(C)(=O)=O)[C@@H](O)[C@H]1O. The maximum atomic E-state index is 12.3. The van der Waals surface area contributed by atoms with Crippen molar-refractivity contribution in [3.05, 3.63) is 35.9 Å². The summed E-state index contributed by atoms with van der Waals surface area (Å²) >= 11 is 0. The number of aliphatic hydroxyl groups is 2. The molecule has 1 amide bonds. The third-order valence-corrected chi connectivity index (χ3v) is 4.76. The largest absolute Gasteiger partial charge is 0.388 e. The molecule has 1 fully saturated rings. The molecule has 2 rings (SSSR count). The second-order valence-corrected chi connectivity index (χ2v) is 8.09. The fourth-order valence-electron chi connectivity index (χ4n) is 2.67. The molecule has 0 unspecified atom stereocenters. The second-order valence-electron chi connectivity index (χ2n) is 6.25. The number of hydrogen-bond acceptors (Lipinski definition) is 6. The molecule has 140 valence electrons. The zero-order valence-electron chi connectivity index (χ0n) is 14.2. The van der Waals surface area contributed by atoms with E-state index in [-0.39, 0.29) is 18.9 Å². The monoisotopic (exact) mass is 372 g/mol. The number of nitrogens with zero attached hydrogens (tertiary/aromatic N) is 1. The third kappa shape index (κ3) is 5.75. The van der Waals surface area contributed by atoms with Gasteiger partial charge in [0.15, 0.2) is 0 Å². The van der Waals surface area contributed by atoms with Crippen molar-refractivity contribution in [1.82, 2.24) is 9.62 Å². The summed E-state index contributed by atoms with van der Waals surface area (Å²) in [5.41, 5.74) is 0.974. The molecule has 9 heteroatoms. The summed E-state index contributed by atoms with van der Waals surface area (Å²) in [7, 11) is -1.79. The molecule has 3 N–H and O–H groups in total. The van der Waals surface area contributed by atoms with E-state index >= 15 is 0 Å². The summed E-state index contributed by atoms with van der Waals surface area (Å²) in [5.74, 6) is -0.239. The van der Waals surface area contributed by atoms with E-state index in [4.69, 9.17) is 4.74 Å². The first-order chi connectivity index (χ1) is 11.7. The van der Waals surface area contributed by atoms with Crippen molar-refractivity contribution in [1.29, 1.82) is 0 Å². The summed E-state index contributed by atoms with van der Waals surface area (Å²) in [5, 5.41) is 20.0. The van der Waals surface area contributed by atoms with E-state index in [2.05, 4.69) is 4.72 Å². The van der Waals surface area contributed by atoms with Crippen molar-refractivity contribution < 1.29 is 28.2 Å². The van der Waals surface area contributed by atoms with Gasteiger partial charge in [0.2, 0.25) is 15.9 Å². The first-order valence-corrected chi connectivity index (χ1v) is 9.80. The average molecular weight is 372 g/mol. The van der Waals surface area contributed by atoms with Gasteiger partial charge in [0.25, 0.3) is 0 Å². The van der Waals surface area contributed by atoms with Crippen LogP contribution in [0, 0.1) is 0 Å². The van der Waals surface area contributed by atoms with Gasteiger partial charge in [-0.05, 0) is 5.56 Å². The minimum absolute atomic E-state index is 0.100. The number of sulfonamides is 1. The maximum Gasteiger partial charge on any atom is 0.225 e. The standard InChI is InChI=1S/C16H24N2O6S/c1-18(10-11-6-4-3-5-7-11)14(19)8-12-15(20)16(21)13(24-12)9-17-25(2,22)23/h3-7,12-13,15-17,20-21H,8-10H2,1-2H3/t12-,13+,15-,16+/m0/s1. The van der Waals surface area contributed by atoms with Crippen LogP contribution in [0.2, 0.25) is 0 Å². The van der Waals surface area contributed by atoms with E-state index in [0.29, 0.717) is 6.54 Å². The summed E-state index contributed by atoms with van der Waals surface area (Å²) in [6, 6.07) is 9.46. The lowest BCUT2D eigenvalue weighted by atomic mass is 10.1. The lowest BCUT2D eigenvalue weighted by Crippen LogP contribution is -2.39. The smallest absolute Gasteiger partial charge is 0.225 e. The molecule has 0 bridgehead atoms. The Kier molecular flexibility index (Phi) is 6.53. The topological polar surface area (TPSA) is 116 Å². The van der Waals surface area contributed by atoms with Crippen LogP contribution in [0.25, 0.3) is 0 Å². The molecule has 1 heterocycles. The Hall–Kier alpha value is -1.52. The van der Waals surface area contributed by atoms with Crippen molar-refractivity contribution in [3.63, 3.8) is 0 Å².